The minimum Gasteiger partial charge on any atom is -0.494 e. The van der Waals surface area contributed by atoms with Gasteiger partial charge >= 0.3 is 0 Å². The predicted octanol–water partition coefficient (Wildman–Crippen LogP) is 5.62. The van der Waals surface area contributed by atoms with Crippen LogP contribution in [-0.4, -0.2) is 25.2 Å². The molecular formula is C26H23N3O4S. The first-order valence-electron chi connectivity index (χ1n) is 11.0. The van der Waals surface area contributed by atoms with Gasteiger partial charge in [0, 0.05) is 17.5 Å². The average Bonchev–Trinajstić information content (AvgIpc) is 3.35. The van der Waals surface area contributed by atoms with Gasteiger partial charge in [-0.2, -0.15) is 4.98 Å². The maximum Gasteiger partial charge on any atom is 0.271 e. The largest absolute Gasteiger partial charge is 0.494 e. The highest BCUT2D eigenvalue weighted by Crippen LogP contribution is 2.42. The molecule has 2 heterocycles. The molecule has 0 atom stereocenters. The summed E-state index contributed by atoms with van der Waals surface area (Å²) in [5.41, 5.74) is 3.30. The van der Waals surface area contributed by atoms with Crippen LogP contribution in [0.25, 0.3) is 16.3 Å². The van der Waals surface area contributed by atoms with E-state index in [1.165, 1.54) is 5.56 Å². The highest BCUT2D eigenvalue weighted by atomic mass is 32.2. The Morgan fingerprint density at radius 1 is 0.941 bits per heavy atom. The highest BCUT2D eigenvalue weighted by molar-refractivity contribution is 8.00. The number of anilines is 2. The second-order valence-corrected chi connectivity index (χ2v) is 9.62. The summed E-state index contributed by atoms with van der Waals surface area (Å²) in [7, 11) is -3.87. The van der Waals surface area contributed by atoms with E-state index in [0.29, 0.717) is 23.7 Å². The first-order chi connectivity index (χ1) is 16.5. The zero-order valence-corrected chi connectivity index (χ0v) is 19.6. The van der Waals surface area contributed by atoms with Crippen molar-refractivity contribution in [2.24, 2.45) is 0 Å². The molecule has 5 rings (SSSR count). The number of nitrogens with zero attached hydrogens (tertiary/aromatic N) is 3. The third-order valence-corrected chi connectivity index (χ3v) is 7.42. The molecule has 0 spiro atoms. The van der Waals surface area contributed by atoms with Gasteiger partial charge in [0.25, 0.3) is 5.89 Å². The van der Waals surface area contributed by atoms with Crippen LogP contribution in [-0.2, 0) is 16.3 Å². The van der Waals surface area contributed by atoms with E-state index in [4.69, 9.17) is 9.26 Å². The fourth-order valence-corrected chi connectivity index (χ4v) is 5.34. The van der Waals surface area contributed by atoms with Crippen LogP contribution in [0.3, 0.4) is 0 Å². The summed E-state index contributed by atoms with van der Waals surface area (Å²) in [5, 5.41) is 4.03. The van der Waals surface area contributed by atoms with Crippen molar-refractivity contribution in [3.8, 4) is 17.1 Å². The number of aromatic nitrogens is 2. The van der Waals surface area contributed by atoms with Crippen molar-refractivity contribution in [1.29, 1.82) is 0 Å². The first-order valence-corrected chi connectivity index (χ1v) is 12.5. The molecule has 4 aromatic rings. The molecule has 3 aromatic carbocycles. The van der Waals surface area contributed by atoms with Crippen LogP contribution in [0, 0.1) is 0 Å². The van der Waals surface area contributed by atoms with Crippen LogP contribution in [0.2, 0.25) is 0 Å². The molecule has 34 heavy (non-hydrogen) atoms. The summed E-state index contributed by atoms with van der Waals surface area (Å²) in [5.74, 6) is 0.967. The van der Waals surface area contributed by atoms with Crippen molar-refractivity contribution < 1.29 is 17.7 Å². The molecule has 0 unspecified atom stereocenters. The van der Waals surface area contributed by atoms with Gasteiger partial charge in [0.2, 0.25) is 15.7 Å². The summed E-state index contributed by atoms with van der Waals surface area (Å²) in [6.45, 7) is 4.57. The van der Waals surface area contributed by atoms with Crippen molar-refractivity contribution in [1.82, 2.24) is 10.1 Å². The Kier molecular flexibility index (Phi) is 5.67. The number of benzene rings is 3. The molecule has 1 aliphatic rings. The molecule has 0 bridgehead atoms. The van der Waals surface area contributed by atoms with Gasteiger partial charge in [0.1, 0.15) is 5.75 Å². The Bertz CT molecular complexity index is 1460. The van der Waals surface area contributed by atoms with E-state index >= 15 is 0 Å². The molecule has 0 aliphatic carbocycles. The third kappa shape index (κ3) is 3.86. The van der Waals surface area contributed by atoms with Gasteiger partial charge in [-0.25, -0.2) is 8.42 Å². The molecule has 7 nitrogen and oxygen atoms in total. The number of hydrogen-bond donors (Lipinski definition) is 0. The van der Waals surface area contributed by atoms with Crippen LogP contribution in [0.4, 0.5) is 11.4 Å². The molecule has 172 valence electrons. The second kappa shape index (κ2) is 8.79. The van der Waals surface area contributed by atoms with Gasteiger partial charge in [0.15, 0.2) is 4.91 Å². The van der Waals surface area contributed by atoms with Crippen LogP contribution in [0.5, 0.6) is 5.75 Å². The van der Waals surface area contributed by atoms with Crippen molar-refractivity contribution in [3.05, 3.63) is 90.5 Å². The number of hydrogen-bond acceptors (Lipinski definition) is 7. The molecule has 8 heteroatoms. The minimum atomic E-state index is -3.87. The summed E-state index contributed by atoms with van der Waals surface area (Å²) in [6.07, 6.45) is 2.47. The quantitative estimate of drug-likeness (QED) is 0.359. The highest BCUT2D eigenvalue weighted by Gasteiger charge is 2.35. The van der Waals surface area contributed by atoms with Crippen LogP contribution < -0.4 is 9.64 Å². The molecule has 0 radical (unpaired) electrons. The number of rotatable bonds is 6. The van der Waals surface area contributed by atoms with E-state index in [-0.39, 0.29) is 15.7 Å². The maximum atomic E-state index is 13.5. The zero-order valence-electron chi connectivity index (χ0n) is 18.8. The fraction of sp³-hybridized carbons (Fsp3) is 0.154. The summed E-state index contributed by atoms with van der Waals surface area (Å²) in [4.78, 5) is 6.39. The number of para-hydroxylation sites is 1. The normalized spacial score (nSPS) is 14.4. The molecule has 1 aliphatic heterocycles. The first kappa shape index (κ1) is 21.9. The van der Waals surface area contributed by atoms with Crippen LogP contribution in [0.1, 0.15) is 25.3 Å². The standard InChI is InChI=1S/C26H23N3O4S/c1-3-18-9-13-20(14-10-18)29-17-24(34(30,31)23-8-6-5-7-22(23)29)26-27-25(28-33-26)19-11-15-21(16-12-19)32-4-2/h5-17H,3-4H2,1-2H3. The van der Waals surface area contributed by atoms with E-state index in [1.54, 1.807) is 36.5 Å². The minimum absolute atomic E-state index is 0.0459. The smallest absolute Gasteiger partial charge is 0.271 e. The lowest BCUT2D eigenvalue weighted by Crippen LogP contribution is -2.21. The number of sulfone groups is 1. The maximum absolute atomic E-state index is 13.5. The lowest BCUT2D eigenvalue weighted by molar-refractivity contribution is 0.340. The Labute approximate surface area is 198 Å². The SMILES string of the molecule is CCOc1ccc(-c2noc(C3=CN(c4ccc(CC)cc4)c4ccccc4S3(=O)=O)n2)cc1. The lowest BCUT2D eigenvalue weighted by Gasteiger charge is -2.28. The topological polar surface area (TPSA) is 85.5 Å². The Morgan fingerprint density at radius 2 is 1.68 bits per heavy atom. The molecule has 0 fully saturated rings. The third-order valence-electron chi connectivity index (χ3n) is 5.63. The van der Waals surface area contributed by atoms with Gasteiger partial charge in [-0.05, 0) is 67.4 Å². The van der Waals surface area contributed by atoms with Gasteiger partial charge in [-0.1, -0.05) is 36.3 Å². The van der Waals surface area contributed by atoms with Gasteiger partial charge in [-0.3, -0.25) is 0 Å². The van der Waals surface area contributed by atoms with Crippen molar-refractivity contribution in [3.63, 3.8) is 0 Å². The van der Waals surface area contributed by atoms with E-state index in [9.17, 15) is 8.42 Å². The van der Waals surface area contributed by atoms with E-state index in [0.717, 1.165) is 17.9 Å². The lowest BCUT2D eigenvalue weighted by atomic mass is 10.1. The summed E-state index contributed by atoms with van der Waals surface area (Å²) in [6, 6.07) is 22.1. The van der Waals surface area contributed by atoms with E-state index in [2.05, 4.69) is 17.1 Å². The number of fused-ring (bicyclic) bond motifs is 1. The number of ether oxygens (including phenoxy) is 1. The second-order valence-electron chi connectivity index (χ2n) is 7.74. The van der Waals surface area contributed by atoms with E-state index < -0.39 is 9.84 Å². The number of aryl methyl sites for hydroxylation is 1. The predicted molar refractivity (Wildman–Crippen MR) is 130 cm³/mol. The van der Waals surface area contributed by atoms with Gasteiger partial charge < -0.3 is 14.2 Å². The Hall–Kier alpha value is -3.91. The molecule has 0 saturated carbocycles. The Morgan fingerprint density at radius 3 is 2.38 bits per heavy atom. The summed E-state index contributed by atoms with van der Waals surface area (Å²) < 4.78 is 37.9. The molecule has 0 N–H and O–H groups in total. The van der Waals surface area contributed by atoms with Crippen LogP contribution >= 0.6 is 0 Å². The Balaban J connectivity index is 1.58. The van der Waals surface area contributed by atoms with Gasteiger partial charge in [0.05, 0.1) is 17.2 Å². The molecular weight excluding hydrogens is 450 g/mol. The molecule has 0 saturated heterocycles. The van der Waals surface area contributed by atoms with E-state index in [1.807, 2.05) is 54.3 Å². The zero-order chi connectivity index (χ0) is 23.7. The van der Waals surface area contributed by atoms with Gasteiger partial charge in [-0.15, -0.1) is 0 Å². The monoisotopic (exact) mass is 473 g/mol. The van der Waals surface area contributed by atoms with Crippen molar-refractivity contribution >= 4 is 26.1 Å². The van der Waals surface area contributed by atoms with Crippen molar-refractivity contribution in [2.45, 2.75) is 25.2 Å². The molecule has 1 aromatic heterocycles. The van der Waals surface area contributed by atoms with Crippen LogP contribution in [0.15, 0.2) is 88.4 Å². The van der Waals surface area contributed by atoms with Crippen molar-refractivity contribution in [2.75, 3.05) is 11.5 Å². The fourth-order valence-electron chi connectivity index (χ4n) is 3.84. The molecule has 0 amide bonds. The average molecular weight is 474 g/mol. The summed E-state index contributed by atoms with van der Waals surface area (Å²) >= 11 is 0.